The number of morpholine rings is 1. The summed E-state index contributed by atoms with van der Waals surface area (Å²) >= 11 is 0. The van der Waals surface area contributed by atoms with Gasteiger partial charge in [0, 0.05) is 74.7 Å². The zero-order valence-corrected chi connectivity index (χ0v) is 24.6. The van der Waals surface area contributed by atoms with Gasteiger partial charge in [-0.3, -0.25) is 14.7 Å². The van der Waals surface area contributed by atoms with Gasteiger partial charge in [0.15, 0.2) is 5.82 Å². The van der Waals surface area contributed by atoms with Crippen molar-refractivity contribution >= 4 is 39.0 Å². The van der Waals surface area contributed by atoms with E-state index in [-0.39, 0.29) is 42.7 Å². The summed E-state index contributed by atoms with van der Waals surface area (Å²) in [5.74, 6) is -2.89. The molecule has 15 heteroatoms. The van der Waals surface area contributed by atoms with Crippen LogP contribution in [0.2, 0.25) is 0 Å². The van der Waals surface area contributed by atoms with Crippen molar-refractivity contribution in [1.82, 2.24) is 14.5 Å². The first-order valence-corrected chi connectivity index (χ1v) is 15.8. The van der Waals surface area contributed by atoms with Gasteiger partial charge < -0.3 is 25.0 Å². The van der Waals surface area contributed by atoms with Gasteiger partial charge in [0.25, 0.3) is 5.91 Å². The Morgan fingerprint density at radius 2 is 1.64 bits per heavy atom. The fraction of sp³-hybridized carbons (Fsp3) is 0.414. The Bertz CT molecular complexity index is 1650. The normalized spacial score (nSPS) is 18.1. The molecule has 2 aromatic carbocycles. The summed E-state index contributed by atoms with van der Waals surface area (Å²) < 4.78 is 66.0. The van der Waals surface area contributed by atoms with Crippen LogP contribution in [0.4, 0.5) is 26.0 Å². The summed E-state index contributed by atoms with van der Waals surface area (Å²) in [5, 5.41) is 12.8. The van der Waals surface area contributed by atoms with Gasteiger partial charge in [-0.05, 0) is 43.2 Å². The van der Waals surface area contributed by atoms with Gasteiger partial charge in [0.2, 0.25) is 15.9 Å². The minimum atomic E-state index is -4.24. The molecule has 2 fully saturated rings. The van der Waals surface area contributed by atoms with Crippen molar-refractivity contribution in [3.8, 4) is 0 Å². The molecular formula is C29H32F2N6O6S. The second-order valence-corrected chi connectivity index (χ2v) is 12.8. The average Bonchev–Trinajstić information content (AvgIpc) is 3.43. The molecule has 1 aromatic heterocycles. The predicted molar refractivity (Wildman–Crippen MR) is 156 cm³/mol. The lowest BCUT2D eigenvalue weighted by Gasteiger charge is -2.30. The number of H-pyrrole nitrogens is 1. The fourth-order valence-electron chi connectivity index (χ4n) is 5.63. The van der Waals surface area contributed by atoms with Crippen molar-refractivity contribution in [2.24, 2.45) is 5.92 Å². The molecule has 0 radical (unpaired) electrons. The number of nitrogens with zero attached hydrogens (tertiary/aromatic N) is 3. The maximum atomic E-state index is 13.8. The summed E-state index contributed by atoms with van der Waals surface area (Å²) in [6.07, 6.45) is 1.41. The zero-order valence-electron chi connectivity index (χ0n) is 23.8. The summed E-state index contributed by atoms with van der Waals surface area (Å²) in [5.41, 5.74) is 2.44. The van der Waals surface area contributed by atoms with Crippen LogP contribution < -0.4 is 15.5 Å². The Morgan fingerprint density at radius 3 is 2.36 bits per heavy atom. The summed E-state index contributed by atoms with van der Waals surface area (Å²) in [4.78, 5) is 28.4. The summed E-state index contributed by atoms with van der Waals surface area (Å²) in [6.45, 7) is 3.32. The lowest BCUT2D eigenvalue weighted by molar-refractivity contribution is -0.122. The third-order valence-electron chi connectivity index (χ3n) is 8.08. The minimum Gasteiger partial charge on any atom is -0.381 e. The van der Waals surface area contributed by atoms with Crippen LogP contribution in [0.1, 0.15) is 34.5 Å². The van der Waals surface area contributed by atoms with Crippen LogP contribution in [0.5, 0.6) is 0 Å². The van der Waals surface area contributed by atoms with Crippen molar-refractivity contribution in [3.63, 3.8) is 0 Å². The third kappa shape index (κ3) is 6.31. The van der Waals surface area contributed by atoms with Crippen molar-refractivity contribution < 1.29 is 36.3 Å². The van der Waals surface area contributed by atoms with Gasteiger partial charge in [-0.2, -0.15) is 9.40 Å². The van der Waals surface area contributed by atoms with Crippen molar-refractivity contribution in [1.29, 1.82) is 0 Å². The van der Waals surface area contributed by atoms with Crippen LogP contribution in [0, 0.1) is 17.6 Å². The number of halogens is 2. The standard InChI is InChI=1S/C29H32F2N6O6S/c30-19-13-20(31)15-22(14-19)44(40,41)37-6-3-25-24(17-37)27(35-34-25)33-29(39)23-2-1-21(36-7-11-43-12-8-36)16-26(23)32-28(38)18-4-9-42-10-5-18/h1-2,13-16,18H,3-12,17H2,(H,32,38)(H2,33,34,35,39). The molecule has 3 aliphatic rings. The molecule has 3 aromatic rings. The van der Waals surface area contributed by atoms with E-state index in [0.717, 1.165) is 22.1 Å². The topological polar surface area (TPSA) is 146 Å². The SMILES string of the molecule is O=C(Nc1n[nH]c2c1CN(S(=O)(=O)c1cc(F)cc(F)c1)CC2)c1ccc(N2CCOCC2)cc1NC(=O)C1CCOCC1. The van der Waals surface area contributed by atoms with E-state index in [9.17, 15) is 26.8 Å². The van der Waals surface area contributed by atoms with Crippen LogP contribution in [0.15, 0.2) is 41.3 Å². The second kappa shape index (κ2) is 12.6. The number of nitrogens with one attached hydrogen (secondary N) is 3. The number of hydrogen-bond donors (Lipinski definition) is 3. The van der Waals surface area contributed by atoms with E-state index in [4.69, 9.17) is 9.47 Å². The van der Waals surface area contributed by atoms with Crippen LogP contribution >= 0.6 is 0 Å². The van der Waals surface area contributed by atoms with Gasteiger partial charge in [-0.1, -0.05) is 0 Å². The van der Waals surface area contributed by atoms with E-state index in [2.05, 4.69) is 25.7 Å². The molecule has 234 valence electrons. The molecule has 0 saturated carbocycles. The molecule has 0 spiro atoms. The van der Waals surface area contributed by atoms with Gasteiger partial charge >= 0.3 is 0 Å². The van der Waals surface area contributed by atoms with E-state index in [1.54, 1.807) is 18.2 Å². The fourth-order valence-corrected chi connectivity index (χ4v) is 7.08. The zero-order chi connectivity index (χ0) is 30.8. The highest BCUT2D eigenvalue weighted by atomic mass is 32.2. The number of carbonyl (C=O) groups is 2. The second-order valence-electron chi connectivity index (χ2n) is 10.9. The Kier molecular flexibility index (Phi) is 8.62. The van der Waals surface area contributed by atoms with Crippen LogP contribution in [-0.4, -0.2) is 80.8 Å². The molecule has 4 heterocycles. The van der Waals surface area contributed by atoms with Gasteiger partial charge in [-0.15, -0.1) is 0 Å². The number of amides is 2. The Morgan fingerprint density at radius 1 is 0.932 bits per heavy atom. The third-order valence-corrected chi connectivity index (χ3v) is 9.90. The number of sulfonamides is 1. The lowest BCUT2D eigenvalue weighted by atomic mass is 9.99. The molecule has 2 saturated heterocycles. The molecule has 2 amide bonds. The van der Waals surface area contributed by atoms with Gasteiger partial charge in [0.1, 0.15) is 11.6 Å². The molecule has 0 aliphatic carbocycles. The van der Waals surface area contributed by atoms with E-state index in [0.29, 0.717) is 75.4 Å². The summed E-state index contributed by atoms with van der Waals surface area (Å²) in [6, 6.07) is 7.34. The molecule has 3 N–H and O–H groups in total. The number of ether oxygens (including phenoxy) is 2. The first-order chi connectivity index (χ1) is 21.2. The first-order valence-electron chi connectivity index (χ1n) is 14.4. The lowest BCUT2D eigenvalue weighted by Crippen LogP contribution is -2.36. The summed E-state index contributed by atoms with van der Waals surface area (Å²) in [7, 11) is -4.24. The number of carbonyl (C=O) groups excluding carboxylic acids is 2. The molecule has 6 rings (SSSR count). The van der Waals surface area contributed by atoms with E-state index in [1.807, 2.05) is 0 Å². The molecule has 3 aliphatic heterocycles. The number of hydrogen-bond acceptors (Lipinski definition) is 8. The van der Waals surface area contributed by atoms with Gasteiger partial charge in [-0.25, -0.2) is 17.2 Å². The first kappa shape index (κ1) is 30.1. The Hall–Kier alpha value is -3.92. The highest BCUT2D eigenvalue weighted by Gasteiger charge is 2.33. The van der Waals surface area contributed by atoms with Crippen LogP contribution in [0.3, 0.4) is 0 Å². The molecule has 0 atom stereocenters. The highest BCUT2D eigenvalue weighted by molar-refractivity contribution is 7.89. The maximum absolute atomic E-state index is 13.8. The quantitative estimate of drug-likeness (QED) is 0.362. The van der Waals surface area contributed by atoms with Crippen molar-refractivity contribution in [2.75, 3.05) is 61.6 Å². The van der Waals surface area contributed by atoms with Crippen molar-refractivity contribution in [3.05, 3.63) is 64.9 Å². The van der Waals surface area contributed by atoms with Crippen LogP contribution in [0.25, 0.3) is 0 Å². The van der Waals surface area contributed by atoms with Gasteiger partial charge in [0.05, 0.1) is 29.4 Å². The van der Waals surface area contributed by atoms with E-state index < -0.39 is 32.5 Å². The largest absolute Gasteiger partial charge is 0.381 e. The molecule has 0 unspecified atom stereocenters. The number of aromatic amines is 1. The van der Waals surface area contributed by atoms with E-state index >= 15 is 0 Å². The average molecular weight is 631 g/mol. The number of fused-ring (bicyclic) bond motifs is 1. The number of aromatic nitrogens is 2. The number of rotatable bonds is 7. The number of benzene rings is 2. The maximum Gasteiger partial charge on any atom is 0.258 e. The smallest absolute Gasteiger partial charge is 0.258 e. The van der Waals surface area contributed by atoms with Crippen LogP contribution in [-0.2, 0) is 37.3 Å². The molecular weight excluding hydrogens is 598 g/mol. The molecule has 44 heavy (non-hydrogen) atoms. The Balaban J connectivity index is 1.24. The Labute approximate surface area is 252 Å². The van der Waals surface area contributed by atoms with E-state index in [1.165, 1.54) is 0 Å². The van der Waals surface area contributed by atoms with Crippen molar-refractivity contribution in [2.45, 2.75) is 30.7 Å². The highest BCUT2D eigenvalue weighted by Crippen LogP contribution is 2.31. The minimum absolute atomic E-state index is 0.0500. The predicted octanol–water partition coefficient (Wildman–Crippen LogP) is 2.89. The molecule has 12 nitrogen and oxygen atoms in total. The monoisotopic (exact) mass is 630 g/mol. The molecule has 0 bridgehead atoms. The number of anilines is 3.